The molecule has 0 aromatic carbocycles. The molecule has 1 atom stereocenters. The Hall–Kier alpha value is -1.93. The van der Waals surface area contributed by atoms with Crippen LogP contribution < -0.4 is 5.32 Å². The summed E-state index contributed by atoms with van der Waals surface area (Å²) < 4.78 is 5.47. The zero-order valence-corrected chi connectivity index (χ0v) is 10.1. The zero-order chi connectivity index (χ0) is 12.8. The van der Waals surface area contributed by atoms with Crippen molar-refractivity contribution in [2.24, 2.45) is 0 Å². The second-order valence-corrected chi connectivity index (χ2v) is 4.22. The van der Waals surface area contributed by atoms with Crippen LogP contribution in [0.2, 0.25) is 0 Å². The van der Waals surface area contributed by atoms with Crippen LogP contribution in [-0.4, -0.2) is 30.1 Å². The van der Waals surface area contributed by atoms with Gasteiger partial charge in [0.05, 0.1) is 11.7 Å². The van der Waals surface area contributed by atoms with Crippen LogP contribution in [-0.2, 0) is 4.74 Å². The van der Waals surface area contributed by atoms with Crippen molar-refractivity contribution in [1.82, 2.24) is 10.3 Å². The van der Waals surface area contributed by atoms with Crippen LogP contribution >= 0.6 is 0 Å². The summed E-state index contributed by atoms with van der Waals surface area (Å²) >= 11 is 0. The molecule has 1 aliphatic heterocycles. The van der Waals surface area contributed by atoms with Crippen molar-refractivity contribution in [1.29, 1.82) is 5.26 Å². The van der Waals surface area contributed by atoms with E-state index in [2.05, 4.69) is 10.3 Å². The minimum absolute atomic E-state index is 0.211. The van der Waals surface area contributed by atoms with E-state index in [1.165, 1.54) is 6.20 Å². The van der Waals surface area contributed by atoms with Crippen LogP contribution in [0.25, 0.3) is 0 Å². The van der Waals surface area contributed by atoms with Crippen LogP contribution in [0.15, 0.2) is 18.3 Å². The Bertz CT molecular complexity index is 444. The number of nitrogens with one attached hydrogen (secondary N) is 1. The Balaban J connectivity index is 1.78. The lowest BCUT2D eigenvalue weighted by molar-refractivity contribution is 0.0903. The third-order valence-corrected chi connectivity index (χ3v) is 2.90. The number of rotatable bonds is 4. The highest BCUT2D eigenvalue weighted by molar-refractivity contribution is 5.92. The van der Waals surface area contributed by atoms with Crippen molar-refractivity contribution in [2.45, 2.75) is 25.4 Å². The van der Waals surface area contributed by atoms with E-state index in [-0.39, 0.29) is 12.0 Å². The van der Waals surface area contributed by atoms with E-state index in [1.54, 1.807) is 12.1 Å². The topological polar surface area (TPSA) is 75.0 Å². The molecule has 5 heteroatoms. The second kappa shape index (κ2) is 6.12. The predicted octanol–water partition coefficient (Wildman–Crippen LogP) is 1.25. The monoisotopic (exact) mass is 245 g/mol. The maximum absolute atomic E-state index is 11.7. The summed E-state index contributed by atoms with van der Waals surface area (Å²) in [5.41, 5.74) is 0.784. The number of nitriles is 1. The quantitative estimate of drug-likeness (QED) is 0.866. The molecule has 0 radical (unpaired) electrons. The van der Waals surface area contributed by atoms with Gasteiger partial charge in [-0.3, -0.25) is 4.79 Å². The summed E-state index contributed by atoms with van der Waals surface area (Å²) in [6.45, 7) is 1.42. The van der Waals surface area contributed by atoms with Gasteiger partial charge in [-0.05, 0) is 31.4 Å². The third kappa shape index (κ3) is 3.28. The normalized spacial score (nSPS) is 18.3. The average molecular weight is 245 g/mol. The first-order valence-corrected chi connectivity index (χ1v) is 6.05. The van der Waals surface area contributed by atoms with Crippen LogP contribution in [0.1, 0.15) is 35.3 Å². The molecule has 2 heterocycles. The van der Waals surface area contributed by atoms with Gasteiger partial charge < -0.3 is 10.1 Å². The number of ether oxygens (including phenoxy) is 1. The van der Waals surface area contributed by atoms with Crippen LogP contribution in [0, 0.1) is 11.3 Å². The van der Waals surface area contributed by atoms with E-state index < -0.39 is 0 Å². The Morgan fingerprint density at radius 3 is 3.11 bits per heavy atom. The number of carbonyl (C=O) groups excluding carboxylic acids is 1. The Kier molecular flexibility index (Phi) is 4.26. The van der Waals surface area contributed by atoms with Crippen molar-refractivity contribution in [2.75, 3.05) is 13.2 Å². The molecule has 94 valence electrons. The van der Waals surface area contributed by atoms with E-state index in [9.17, 15) is 4.79 Å². The summed E-state index contributed by atoms with van der Waals surface area (Å²) in [6, 6.07) is 5.10. The summed E-state index contributed by atoms with van der Waals surface area (Å²) in [6.07, 6.45) is 4.69. The van der Waals surface area contributed by atoms with Gasteiger partial charge in [-0.2, -0.15) is 5.26 Å². The molecule has 1 amide bonds. The molecule has 0 bridgehead atoms. The molecule has 0 aliphatic carbocycles. The molecular formula is C13H15N3O2. The lowest BCUT2D eigenvalue weighted by atomic mass is 10.2. The Morgan fingerprint density at radius 1 is 1.61 bits per heavy atom. The zero-order valence-electron chi connectivity index (χ0n) is 10.1. The smallest absolute Gasteiger partial charge is 0.269 e. The summed E-state index contributed by atoms with van der Waals surface area (Å²) in [7, 11) is 0. The first kappa shape index (κ1) is 12.5. The molecule has 2 rings (SSSR count). The fourth-order valence-electron chi connectivity index (χ4n) is 1.90. The molecule has 0 saturated carbocycles. The minimum Gasteiger partial charge on any atom is -0.378 e. The van der Waals surface area contributed by atoms with Crippen molar-refractivity contribution in [3.63, 3.8) is 0 Å². The van der Waals surface area contributed by atoms with E-state index >= 15 is 0 Å². The summed E-state index contributed by atoms with van der Waals surface area (Å²) in [5.74, 6) is -0.211. The Morgan fingerprint density at radius 2 is 2.50 bits per heavy atom. The molecule has 1 unspecified atom stereocenters. The van der Waals surface area contributed by atoms with Gasteiger partial charge in [-0.1, -0.05) is 0 Å². The van der Waals surface area contributed by atoms with Gasteiger partial charge in [-0.15, -0.1) is 0 Å². The van der Waals surface area contributed by atoms with Gasteiger partial charge in [0.25, 0.3) is 5.91 Å². The van der Waals surface area contributed by atoms with Gasteiger partial charge in [0.15, 0.2) is 0 Å². The maximum atomic E-state index is 11.7. The molecule has 18 heavy (non-hydrogen) atoms. The summed E-state index contributed by atoms with van der Waals surface area (Å²) in [5, 5.41) is 11.4. The molecule has 1 aromatic heterocycles. The van der Waals surface area contributed by atoms with Gasteiger partial charge >= 0.3 is 0 Å². The van der Waals surface area contributed by atoms with Crippen LogP contribution in [0.4, 0.5) is 0 Å². The SMILES string of the molecule is N#Cc1ccc(C(=O)NCCC2CCCO2)nc1. The van der Waals surface area contributed by atoms with Crippen molar-refractivity contribution in [3.05, 3.63) is 29.6 Å². The predicted molar refractivity (Wildman–Crippen MR) is 64.9 cm³/mol. The molecule has 5 nitrogen and oxygen atoms in total. The molecule has 1 N–H and O–H groups in total. The number of aromatic nitrogens is 1. The number of hydrogen-bond acceptors (Lipinski definition) is 4. The second-order valence-electron chi connectivity index (χ2n) is 4.22. The van der Waals surface area contributed by atoms with Crippen LogP contribution in [0.3, 0.4) is 0 Å². The van der Waals surface area contributed by atoms with E-state index in [0.29, 0.717) is 17.8 Å². The highest BCUT2D eigenvalue weighted by Crippen LogP contribution is 2.14. The molecular weight excluding hydrogens is 230 g/mol. The first-order chi connectivity index (χ1) is 8.79. The van der Waals surface area contributed by atoms with E-state index in [0.717, 1.165) is 25.9 Å². The van der Waals surface area contributed by atoms with Gasteiger partial charge in [-0.25, -0.2) is 4.98 Å². The maximum Gasteiger partial charge on any atom is 0.269 e. The molecule has 1 aromatic rings. The number of hydrogen-bond donors (Lipinski definition) is 1. The Labute approximate surface area is 106 Å². The summed E-state index contributed by atoms with van der Waals surface area (Å²) in [4.78, 5) is 15.7. The molecule has 1 aliphatic rings. The van der Waals surface area contributed by atoms with Gasteiger partial charge in [0, 0.05) is 19.3 Å². The van der Waals surface area contributed by atoms with Crippen molar-refractivity contribution in [3.8, 4) is 6.07 Å². The lowest BCUT2D eigenvalue weighted by Crippen LogP contribution is -2.27. The highest BCUT2D eigenvalue weighted by Gasteiger charge is 2.15. The molecule has 0 spiro atoms. The number of carbonyl (C=O) groups is 1. The minimum atomic E-state index is -0.211. The van der Waals surface area contributed by atoms with Gasteiger partial charge in [0.2, 0.25) is 0 Å². The fraction of sp³-hybridized carbons (Fsp3) is 0.462. The highest BCUT2D eigenvalue weighted by atomic mass is 16.5. The number of amides is 1. The van der Waals surface area contributed by atoms with Crippen molar-refractivity contribution < 1.29 is 9.53 Å². The third-order valence-electron chi connectivity index (χ3n) is 2.90. The standard InChI is InChI=1S/C13H15N3O2/c14-8-10-3-4-12(16-9-10)13(17)15-6-5-11-2-1-7-18-11/h3-4,9,11H,1-2,5-7H2,(H,15,17). The van der Waals surface area contributed by atoms with E-state index in [1.807, 2.05) is 6.07 Å². The van der Waals surface area contributed by atoms with Crippen molar-refractivity contribution >= 4 is 5.91 Å². The lowest BCUT2D eigenvalue weighted by Gasteiger charge is -2.09. The largest absolute Gasteiger partial charge is 0.378 e. The van der Waals surface area contributed by atoms with Crippen LogP contribution in [0.5, 0.6) is 0 Å². The molecule has 1 saturated heterocycles. The molecule has 1 fully saturated rings. The number of nitrogens with zero attached hydrogens (tertiary/aromatic N) is 2. The average Bonchev–Trinajstić information content (AvgIpc) is 2.92. The number of pyridine rings is 1. The van der Waals surface area contributed by atoms with E-state index in [4.69, 9.17) is 10.00 Å². The fourth-order valence-corrected chi connectivity index (χ4v) is 1.90. The van der Waals surface area contributed by atoms with Gasteiger partial charge in [0.1, 0.15) is 11.8 Å². The first-order valence-electron chi connectivity index (χ1n) is 6.05.